The molecule has 0 spiro atoms. The molecule has 0 saturated heterocycles. The summed E-state index contributed by atoms with van der Waals surface area (Å²) in [5.41, 5.74) is 4.03. The number of likely N-dealkylation sites (N-methyl/N-ethyl adjacent to an activating group) is 1. The van der Waals surface area contributed by atoms with Gasteiger partial charge in [-0.25, -0.2) is 9.59 Å². The number of thiophene rings is 1. The van der Waals surface area contributed by atoms with E-state index in [0.29, 0.717) is 41.2 Å². The Hall–Kier alpha value is -5.29. The number of carboxylic acids is 1. The highest BCUT2D eigenvalue weighted by Gasteiger charge is 2.57. The zero-order valence-corrected chi connectivity index (χ0v) is 29.6. The number of carbonyl (C=O) groups excluding carboxylic acids is 4. The largest absolute Gasteiger partial charge is 0.478 e. The Balaban J connectivity index is 1.15. The summed E-state index contributed by atoms with van der Waals surface area (Å²) < 4.78 is 5.27. The highest BCUT2D eigenvalue weighted by atomic mass is 32.1. The first-order valence-corrected chi connectivity index (χ1v) is 18.2. The number of carboxylic acid groups (broad SMARTS) is 1. The van der Waals surface area contributed by atoms with Gasteiger partial charge in [0.15, 0.2) is 0 Å². The van der Waals surface area contributed by atoms with Crippen LogP contribution in [0.25, 0.3) is 0 Å². The van der Waals surface area contributed by atoms with Crippen LogP contribution in [-0.4, -0.2) is 58.4 Å². The van der Waals surface area contributed by atoms with Crippen LogP contribution >= 0.6 is 11.3 Å². The molecule has 3 N–H and O–H groups in total. The zero-order chi connectivity index (χ0) is 36.1. The van der Waals surface area contributed by atoms with E-state index in [4.69, 9.17) is 9.84 Å². The molecule has 4 aromatic rings. The summed E-state index contributed by atoms with van der Waals surface area (Å²) in [6.07, 6.45) is 6.13. The quantitative estimate of drug-likeness (QED) is 0.125. The Morgan fingerprint density at radius 3 is 2.08 bits per heavy atom. The fraction of sp³-hybridized carbons (Fsp3) is 0.325. The van der Waals surface area contributed by atoms with Crippen molar-refractivity contribution in [3.05, 3.63) is 117 Å². The van der Waals surface area contributed by atoms with Gasteiger partial charge in [0.2, 0.25) is 0 Å². The molecule has 10 nitrogen and oxygen atoms in total. The third kappa shape index (κ3) is 7.73. The molecule has 2 aliphatic carbocycles. The Morgan fingerprint density at radius 2 is 1.45 bits per heavy atom. The van der Waals surface area contributed by atoms with Crippen molar-refractivity contribution >= 4 is 51.7 Å². The van der Waals surface area contributed by atoms with Gasteiger partial charge in [0, 0.05) is 28.2 Å². The smallest absolute Gasteiger partial charge is 0.335 e. The normalized spacial score (nSPS) is 14.2. The third-order valence-electron chi connectivity index (χ3n) is 9.57. The number of hydrogen-bond acceptors (Lipinski definition) is 7. The molecule has 1 aromatic heterocycles. The lowest BCUT2D eigenvalue weighted by Gasteiger charge is -2.29. The van der Waals surface area contributed by atoms with Crippen LogP contribution in [0.1, 0.15) is 103 Å². The van der Waals surface area contributed by atoms with Gasteiger partial charge in [-0.15, -0.1) is 11.3 Å². The van der Waals surface area contributed by atoms with E-state index in [1.807, 2.05) is 43.3 Å². The Labute approximate surface area is 300 Å². The van der Waals surface area contributed by atoms with Crippen molar-refractivity contribution in [3.8, 4) is 0 Å². The number of amides is 3. The summed E-state index contributed by atoms with van der Waals surface area (Å²) in [5.74, 6) is -2.43. The van der Waals surface area contributed by atoms with Crippen molar-refractivity contribution in [3.63, 3.8) is 0 Å². The van der Waals surface area contributed by atoms with E-state index in [1.165, 1.54) is 22.3 Å². The summed E-state index contributed by atoms with van der Waals surface area (Å²) in [4.78, 5) is 67.6. The van der Waals surface area contributed by atoms with Crippen LogP contribution in [-0.2, 0) is 35.2 Å². The monoisotopic (exact) mass is 707 g/mol. The lowest BCUT2D eigenvalue weighted by Crippen LogP contribution is -2.48. The average molecular weight is 708 g/mol. The molecule has 3 amide bonds. The number of fused-ring (bicyclic) bond motifs is 1. The molecule has 0 unspecified atom stereocenters. The SMILES string of the molecule is CCOC(=O)C1(N(CC)C(=O)c2cccc(C(=O)Nc3sc4c(c3C(=O)Nc3ccc(CCc5ccc(C(=O)O)cc5)cc3)CCCC4)c2)CC1. The fourth-order valence-electron chi connectivity index (χ4n) is 6.68. The van der Waals surface area contributed by atoms with Gasteiger partial charge in [-0.05, 0) is 124 Å². The molecule has 51 heavy (non-hydrogen) atoms. The topological polar surface area (TPSA) is 142 Å². The van der Waals surface area contributed by atoms with E-state index in [-0.39, 0.29) is 29.5 Å². The van der Waals surface area contributed by atoms with E-state index in [9.17, 15) is 24.0 Å². The van der Waals surface area contributed by atoms with Gasteiger partial charge >= 0.3 is 11.9 Å². The van der Waals surface area contributed by atoms with Crippen molar-refractivity contribution < 1.29 is 33.8 Å². The molecule has 1 fully saturated rings. The fourth-order valence-corrected chi connectivity index (χ4v) is 7.96. The molecule has 2 aliphatic rings. The summed E-state index contributed by atoms with van der Waals surface area (Å²) in [6, 6.07) is 20.9. The van der Waals surface area contributed by atoms with E-state index in [1.54, 1.807) is 37.3 Å². The number of hydrogen-bond donors (Lipinski definition) is 3. The lowest BCUT2D eigenvalue weighted by molar-refractivity contribution is -0.150. The number of carbonyl (C=O) groups is 5. The van der Waals surface area contributed by atoms with Gasteiger partial charge in [0.05, 0.1) is 17.7 Å². The molecular formula is C40H41N3O7S. The second kappa shape index (κ2) is 15.3. The average Bonchev–Trinajstić information content (AvgIpc) is 3.86. The Morgan fingerprint density at radius 1 is 0.804 bits per heavy atom. The van der Waals surface area contributed by atoms with Gasteiger partial charge in [-0.3, -0.25) is 14.4 Å². The van der Waals surface area contributed by atoms with E-state index < -0.39 is 23.4 Å². The number of rotatable bonds is 13. The van der Waals surface area contributed by atoms with E-state index in [0.717, 1.165) is 60.1 Å². The first kappa shape index (κ1) is 35.5. The first-order valence-electron chi connectivity index (χ1n) is 17.4. The summed E-state index contributed by atoms with van der Waals surface area (Å²) in [7, 11) is 0. The maximum absolute atomic E-state index is 13.8. The van der Waals surface area contributed by atoms with Crippen molar-refractivity contribution in [2.24, 2.45) is 0 Å². The number of aromatic carboxylic acids is 1. The van der Waals surface area contributed by atoms with Crippen molar-refractivity contribution in [1.29, 1.82) is 0 Å². The molecule has 0 atom stereocenters. The number of benzene rings is 3. The summed E-state index contributed by atoms with van der Waals surface area (Å²) in [5, 5.41) is 15.6. The summed E-state index contributed by atoms with van der Waals surface area (Å²) >= 11 is 1.42. The van der Waals surface area contributed by atoms with Crippen LogP contribution in [0.4, 0.5) is 10.7 Å². The molecule has 3 aromatic carbocycles. The van der Waals surface area contributed by atoms with Crippen LogP contribution in [0, 0.1) is 0 Å². The van der Waals surface area contributed by atoms with Crippen LogP contribution in [0.2, 0.25) is 0 Å². The molecular weight excluding hydrogens is 667 g/mol. The lowest BCUT2D eigenvalue weighted by atomic mass is 9.95. The second-order valence-electron chi connectivity index (χ2n) is 12.9. The van der Waals surface area contributed by atoms with Gasteiger partial charge < -0.3 is 25.4 Å². The molecule has 264 valence electrons. The van der Waals surface area contributed by atoms with Gasteiger partial charge in [0.1, 0.15) is 10.5 Å². The molecule has 1 heterocycles. The highest BCUT2D eigenvalue weighted by Crippen LogP contribution is 2.44. The van der Waals surface area contributed by atoms with Crippen LogP contribution in [0.3, 0.4) is 0 Å². The minimum atomic E-state index is -0.962. The second-order valence-corrected chi connectivity index (χ2v) is 14.0. The van der Waals surface area contributed by atoms with Gasteiger partial charge in [-0.2, -0.15) is 0 Å². The first-order chi connectivity index (χ1) is 24.6. The minimum absolute atomic E-state index is 0.232. The molecule has 11 heteroatoms. The zero-order valence-electron chi connectivity index (χ0n) is 28.8. The number of nitrogens with one attached hydrogen (secondary N) is 2. The van der Waals surface area contributed by atoms with Crippen LogP contribution < -0.4 is 10.6 Å². The van der Waals surface area contributed by atoms with Crippen LogP contribution in [0.15, 0.2) is 72.8 Å². The van der Waals surface area contributed by atoms with Crippen molar-refractivity contribution in [2.45, 2.75) is 70.8 Å². The van der Waals surface area contributed by atoms with Crippen molar-refractivity contribution in [2.75, 3.05) is 23.8 Å². The van der Waals surface area contributed by atoms with Gasteiger partial charge in [0.25, 0.3) is 17.7 Å². The summed E-state index contributed by atoms with van der Waals surface area (Å²) in [6.45, 7) is 4.11. The maximum Gasteiger partial charge on any atom is 0.335 e. The molecule has 0 bridgehead atoms. The predicted molar refractivity (Wildman–Crippen MR) is 196 cm³/mol. The number of anilines is 2. The molecule has 1 saturated carbocycles. The molecule has 6 rings (SSSR count). The highest BCUT2D eigenvalue weighted by molar-refractivity contribution is 7.17. The standard InChI is InChI=1S/C40H41N3O7S/c1-3-43(40(22-23-40)39(49)50-4-2)37(46)29-9-7-8-28(24-29)34(44)42-36-33(31-10-5-6-11-32(31)51-36)35(45)41-30-20-16-26(17-21-30)13-12-25-14-18-27(19-15-25)38(47)48/h7-9,14-21,24H,3-6,10-13,22-23H2,1-2H3,(H,41,45)(H,42,44)(H,47,48). The molecule has 0 radical (unpaired) electrons. The van der Waals surface area contributed by atoms with E-state index in [2.05, 4.69) is 10.6 Å². The van der Waals surface area contributed by atoms with Crippen molar-refractivity contribution in [1.82, 2.24) is 4.90 Å². The minimum Gasteiger partial charge on any atom is -0.478 e. The molecule has 0 aliphatic heterocycles. The maximum atomic E-state index is 13.8. The Kier molecular flexibility index (Phi) is 10.7. The number of esters is 1. The number of ether oxygens (including phenoxy) is 1. The predicted octanol–water partition coefficient (Wildman–Crippen LogP) is 7.17. The number of nitrogens with zero attached hydrogens (tertiary/aromatic N) is 1. The number of aryl methyl sites for hydroxylation is 3. The third-order valence-corrected chi connectivity index (χ3v) is 10.8. The van der Waals surface area contributed by atoms with Gasteiger partial charge in [-0.1, -0.05) is 30.3 Å². The van der Waals surface area contributed by atoms with E-state index >= 15 is 0 Å². The van der Waals surface area contributed by atoms with Crippen LogP contribution in [0.5, 0.6) is 0 Å². The Bertz CT molecular complexity index is 1960.